The second-order valence-corrected chi connectivity index (χ2v) is 12.4. The average Bonchev–Trinajstić information content (AvgIpc) is 3.31. The number of hydrogen-bond acceptors (Lipinski definition) is 6. The largest absolute Gasteiger partial charge is 0.493 e. The van der Waals surface area contributed by atoms with Crippen molar-refractivity contribution in [3.05, 3.63) is 59.2 Å². The van der Waals surface area contributed by atoms with Crippen molar-refractivity contribution in [3.8, 4) is 11.5 Å². The zero-order valence-electron chi connectivity index (χ0n) is 22.9. The number of rotatable bonds is 10. The number of carbonyl (C=O) groups excluding carboxylic acids is 3. The number of fused-ring (bicyclic) bond motifs is 3. The number of nitrogens with one attached hydrogen (secondary N) is 2. The summed E-state index contributed by atoms with van der Waals surface area (Å²) in [6.45, 7) is 8.41. The van der Waals surface area contributed by atoms with E-state index in [9.17, 15) is 14.4 Å². The summed E-state index contributed by atoms with van der Waals surface area (Å²) in [5, 5.41) is 5.76. The lowest BCUT2D eigenvalue weighted by Crippen LogP contribution is -2.57. The first-order chi connectivity index (χ1) is 18.1. The van der Waals surface area contributed by atoms with Crippen LogP contribution >= 0.6 is 11.8 Å². The summed E-state index contributed by atoms with van der Waals surface area (Å²) >= 11 is 1.61. The topological polar surface area (TPSA) is 97.0 Å². The van der Waals surface area contributed by atoms with E-state index in [0.29, 0.717) is 36.4 Å². The van der Waals surface area contributed by atoms with E-state index in [-0.39, 0.29) is 29.0 Å². The number of ether oxygens (including phenoxy) is 2. The van der Waals surface area contributed by atoms with Crippen LogP contribution < -0.4 is 20.1 Å². The average molecular weight is 540 g/mol. The summed E-state index contributed by atoms with van der Waals surface area (Å²) in [4.78, 5) is 41.9. The van der Waals surface area contributed by atoms with E-state index in [0.717, 1.165) is 11.1 Å². The van der Waals surface area contributed by atoms with E-state index in [4.69, 9.17) is 9.47 Å². The van der Waals surface area contributed by atoms with Gasteiger partial charge in [-0.25, -0.2) is 0 Å². The van der Waals surface area contributed by atoms with Crippen LogP contribution in [-0.4, -0.2) is 60.2 Å². The van der Waals surface area contributed by atoms with E-state index in [1.807, 2.05) is 70.2 Å². The molecular formula is C29H37N3O5S. The summed E-state index contributed by atoms with van der Waals surface area (Å²) in [5.74, 6) is 0.803. The van der Waals surface area contributed by atoms with Crippen LogP contribution in [0.25, 0.3) is 0 Å². The molecule has 9 heteroatoms. The quantitative estimate of drug-likeness (QED) is 0.475. The van der Waals surface area contributed by atoms with Gasteiger partial charge in [-0.2, -0.15) is 0 Å². The van der Waals surface area contributed by atoms with Gasteiger partial charge in [0.05, 0.1) is 14.2 Å². The van der Waals surface area contributed by atoms with Crippen LogP contribution in [0.15, 0.2) is 42.5 Å². The van der Waals surface area contributed by atoms with E-state index >= 15 is 0 Å². The molecule has 0 aliphatic carbocycles. The molecule has 0 bridgehead atoms. The van der Waals surface area contributed by atoms with Crippen LogP contribution in [0.3, 0.4) is 0 Å². The van der Waals surface area contributed by atoms with Gasteiger partial charge in [-0.1, -0.05) is 38.1 Å². The second kappa shape index (κ2) is 11.3. The molecule has 204 valence electrons. The Hall–Kier alpha value is -3.20. The second-order valence-electron chi connectivity index (χ2n) is 10.7. The fourth-order valence-corrected chi connectivity index (χ4v) is 6.84. The first-order valence-electron chi connectivity index (χ1n) is 13.0. The Morgan fingerprint density at radius 2 is 1.79 bits per heavy atom. The van der Waals surface area contributed by atoms with Crippen molar-refractivity contribution in [1.82, 2.24) is 15.5 Å². The van der Waals surface area contributed by atoms with Crippen LogP contribution in [0.1, 0.15) is 61.0 Å². The molecule has 2 aliphatic rings. The first kappa shape index (κ1) is 27.8. The molecule has 0 saturated carbocycles. The molecule has 3 unspecified atom stereocenters. The van der Waals surface area contributed by atoms with E-state index in [2.05, 4.69) is 10.6 Å². The third-order valence-electron chi connectivity index (χ3n) is 7.05. The Morgan fingerprint density at radius 1 is 1.08 bits per heavy atom. The highest BCUT2D eigenvalue weighted by molar-refractivity contribution is 8.01. The minimum Gasteiger partial charge on any atom is -0.493 e. The molecule has 2 aliphatic heterocycles. The van der Waals surface area contributed by atoms with Crippen molar-refractivity contribution < 1.29 is 23.9 Å². The standard InChI is InChI=1S/C29H37N3O5S/c1-17(2)15-21(25(33)30-14-13-18-11-12-22(36-5)23(16-18)37-6)31-26(34)24-29(3,4)38-28-20-10-8-7-9-19(20)27(35)32(24)28/h7-12,16-17,21,24,28H,13-15H2,1-6H3,(H,30,33)(H,31,34). The van der Waals surface area contributed by atoms with Crippen LogP contribution in [0, 0.1) is 5.92 Å². The number of methoxy groups -OCH3 is 2. The monoisotopic (exact) mass is 539 g/mol. The fraction of sp³-hybridized carbons (Fsp3) is 0.483. The summed E-state index contributed by atoms with van der Waals surface area (Å²) < 4.78 is 10.1. The number of amides is 3. The Morgan fingerprint density at radius 3 is 2.47 bits per heavy atom. The summed E-state index contributed by atoms with van der Waals surface area (Å²) in [6, 6.07) is 11.8. The lowest BCUT2D eigenvalue weighted by Gasteiger charge is -2.31. The molecule has 3 atom stereocenters. The van der Waals surface area contributed by atoms with Crippen molar-refractivity contribution in [3.63, 3.8) is 0 Å². The van der Waals surface area contributed by atoms with Gasteiger partial charge < -0.3 is 25.0 Å². The molecule has 1 fully saturated rings. The van der Waals surface area contributed by atoms with Gasteiger partial charge in [-0.05, 0) is 61.9 Å². The van der Waals surface area contributed by atoms with Crippen molar-refractivity contribution in [2.45, 2.75) is 62.7 Å². The van der Waals surface area contributed by atoms with Crippen molar-refractivity contribution >= 4 is 29.5 Å². The SMILES string of the molecule is COc1ccc(CCNC(=O)C(CC(C)C)NC(=O)C2N3C(=O)c4ccccc4C3SC2(C)C)cc1OC. The normalized spacial score (nSPS) is 20.1. The Bertz CT molecular complexity index is 1210. The van der Waals surface area contributed by atoms with Gasteiger partial charge in [0.2, 0.25) is 11.8 Å². The molecular weight excluding hydrogens is 502 g/mol. The third kappa shape index (κ3) is 5.48. The summed E-state index contributed by atoms with van der Waals surface area (Å²) in [7, 11) is 3.17. The van der Waals surface area contributed by atoms with Gasteiger partial charge >= 0.3 is 0 Å². The smallest absolute Gasteiger partial charge is 0.256 e. The maximum absolute atomic E-state index is 13.7. The summed E-state index contributed by atoms with van der Waals surface area (Å²) in [6.07, 6.45) is 1.09. The van der Waals surface area contributed by atoms with Gasteiger partial charge in [-0.3, -0.25) is 14.4 Å². The number of hydrogen-bond donors (Lipinski definition) is 2. The highest BCUT2D eigenvalue weighted by Crippen LogP contribution is 2.56. The van der Waals surface area contributed by atoms with Gasteiger partial charge in [0.25, 0.3) is 5.91 Å². The van der Waals surface area contributed by atoms with Crippen LogP contribution in [-0.2, 0) is 16.0 Å². The minimum atomic E-state index is -0.701. The predicted molar refractivity (Wildman–Crippen MR) is 148 cm³/mol. The molecule has 0 aromatic heterocycles. The maximum atomic E-state index is 13.7. The zero-order chi connectivity index (χ0) is 27.6. The highest BCUT2D eigenvalue weighted by atomic mass is 32.2. The number of carbonyl (C=O) groups is 3. The Balaban J connectivity index is 1.44. The molecule has 1 saturated heterocycles. The van der Waals surface area contributed by atoms with Crippen molar-refractivity contribution in [1.29, 1.82) is 0 Å². The number of nitrogens with zero attached hydrogens (tertiary/aromatic N) is 1. The molecule has 0 spiro atoms. The Kier molecular flexibility index (Phi) is 8.25. The predicted octanol–water partition coefficient (Wildman–Crippen LogP) is 3.94. The van der Waals surface area contributed by atoms with Gasteiger partial charge in [-0.15, -0.1) is 11.8 Å². The Labute approximate surface area is 228 Å². The molecule has 2 heterocycles. The molecule has 2 aromatic carbocycles. The van der Waals surface area contributed by atoms with Gasteiger partial charge in [0.1, 0.15) is 17.5 Å². The molecule has 2 N–H and O–H groups in total. The molecule has 4 rings (SSSR count). The highest BCUT2D eigenvalue weighted by Gasteiger charge is 2.57. The van der Waals surface area contributed by atoms with Crippen LogP contribution in [0.5, 0.6) is 11.5 Å². The lowest BCUT2D eigenvalue weighted by molar-refractivity contribution is -0.132. The summed E-state index contributed by atoms with van der Waals surface area (Å²) in [5.41, 5.74) is 2.58. The van der Waals surface area contributed by atoms with Crippen LogP contribution in [0.4, 0.5) is 0 Å². The molecule has 0 radical (unpaired) electrons. The van der Waals surface area contributed by atoms with Gasteiger partial charge in [0.15, 0.2) is 11.5 Å². The van der Waals surface area contributed by atoms with Crippen molar-refractivity contribution in [2.75, 3.05) is 20.8 Å². The molecule has 3 amide bonds. The van der Waals surface area contributed by atoms with Gasteiger partial charge in [0, 0.05) is 16.9 Å². The first-order valence-corrected chi connectivity index (χ1v) is 13.8. The van der Waals surface area contributed by atoms with Crippen LogP contribution in [0.2, 0.25) is 0 Å². The zero-order valence-corrected chi connectivity index (χ0v) is 23.7. The van der Waals surface area contributed by atoms with E-state index < -0.39 is 16.8 Å². The molecule has 38 heavy (non-hydrogen) atoms. The molecule has 2 aromatic rings. The van der Waals surface area contributed by atoms with Crippen molar-refractivity contribution in [2.24, 2.45) is 5.92 Å². The molecule has 8 nitrogen and oxygen atoms in total. The van der Waals surface area contributed by atoms with E-state index in [1.54, 1.807) is 30.9 Å². The number of benzene rings is 2. The third-order valence-corrected chi connectivity index (χ3v) is 8.58. The lowest BCUT2D eigenvalue weighted by atomic mass is 9.98. The van der Waals surface area contributed by atoms with E-state index in [1.165, 1.54) is 0 Å². The minimum absolute atomic E-state index is 0.136. The fourth-order valence-electron chi connectivity index (χ4n) is 5.25. The number of thioether (sulfide) groups is 1. The maximum Gasteiger partial charge on any atom is 0.256 e.